The van der Waals surface area contributed by atoms with Crippen LogP contribution in [0.15, 0.2) is 30.0 Å². The number of Topliss-reactive ketones (excluding diaryl/α,β-unsaturated/α-hetero) is 1. The smallest absolute Gasteiger partial charge is 0.185 e. The fourth-order valence-corrected chi connectivity index (χ4v) is 5.58. The van der Waals surface area contributed by atoms with Gasteiger partial charge in [-0.2, -0.15) is 0 Å². The van der Waals surface area contributed by atoms with Gasteiger partial charge in [0.1, 0.15) is 11.4 Å². The Balaban J connectivity index is 1.78. The van der Waals surface area contributed by atoms with Crippen LogP contribution >= 0.6 is 11.8 Å². The van der Waals surface area contributed by atoms with Crippen molar-refractivity contribution < 1.29 is 19.4 Å². The second-order valence-corrected chi connectivity index (χ2v) is 8.73. The largest absolute Gasteiger partial charge is 0.511 e. The Morgan fingerprint density at radius 2 is 1.92 bits per heavy atom. The van der Waals surface area contributed by atoms with Gasteiger partial charge in [-0.15, -0.1) is 0 Å². The second-order valence-electron chi connectivity index (χ2n) is 7.58. The number of aryl methyl sites for hydroxylation is 3. The molecule has 0 radical (unpaired) electrons. The maximum atomic E-state index is 13.4. The molecule has 1 aromatic carbocycles. The van der Waals surface area contributed by atoms with Gasteiger partial charge in [0, 0.05) is 12.7 Å². The Hall–Kier alpha value is -1.85. The normalized spacial score (nSPS) is 31.8. The third kappa shape index (κ3) is 2.33. The summed E-state index contributed by atoms with van der Waals surface area (Å²) in [5, 5.41) is 11.0. The van der Waals surface area contributed by atoms with Crippen LogP contribution in [0.3, 0.4) is 0 Å². The molecule has 5 heteroatoms. The number of ketones is 1. The molecule has 2 bridgehead atoms. The van der Waals surface area contributed by atoms with Gasteiger partial charge in [0.2, 0.25) is 0 Å². The first kappa shape index (κ1) is 17.6. The summed E-state index contributed by atoms with van der Waals surface area (Å²) in [6.45, 7) is 7.49. The van der Waals surface area contributed by atoms with Crippen LogP contribution in [0.5, 0.6) is 0 Å². The van der Waals surface area contributed by atoms with Gasteiger partial charge in [-0.1, -0.05) is 41.6 Å². The number of ether oxygens (including phenoxy) is 1. The van der Waals surface area contributed by atoms with Crippen LogP contribution in [0.1, 0.15) is 29.2 Å². The molecule has 1 N–H and O–H groups in total. The van der Waals surface area contributed by atoms with Gasteiger partial charge < -0.3 is 9.84 Å². The lowest BCUT2D eigenvalue weighted by Gasteiger charge is -2.28. The highest BCUT2D eigenvalue weighted by atomic mass is 32.2. The fraction of sp³-hybridized carbons (Fsp3) is 0.429. The number of hydrogen-bond donors (Lipinski definition) is 1. The molecule has 2 aliphatic heterocycles. The Morgan fingerprint density at radius 1 is 1.27 bits per heavy atom. The number of hydrogen-bond acceptors (Lipinski definition) is 5. The molecule has 2 heterocycles. The number of carbonyl (C=O) groups excluding carboxylic acids is 2. The summed E-state index contributed by atoms with van der Waals surface area (Å²) in [6, 6.07) is 4.07. The van der Waals surface area contributed by atoms with Crippen molar-refractivity contribution in [1.82, 2.24) is 0 Å². The Labute approximate surface area is 157 Å². The van der Waals surface area contributed by atoms with Gasteiger partial charge >= 0.3 is 0 Å². The van der Waals surface area contributed by atoms with Gasteiger partial charge in [0.15, 0.2) is 10.9 Å². The van der Waals surface area contributed by atoms with Gasteiger partial charge in [0.25, 0.3) is 0 Å². The maximum Gasteiger partial charge on any atom is 0.185 e. The highest BCUT2D eigenvalue weighted by Gasteiger charge is 2.64. The molecular weight excluding hydrogens is 348 g/mol. The molecule has 136 valence electrons. The summed E-state index contributed by atoms with van der Waals surface area (Å²) < 4.78 is 6.08. The minimum absolute atomic E-state index is 0.00338. The van der Waals surface area contributed by atoms with Gasteiger partial charge in [-0.25, -0.2) is 0 Å². The maximum absolute atomic E-state index is 13.4. The van der Waals surface area contributed by atoms with Crippen LogP contribution in [0, 0.1) is 32.6 Å². The third-order valence-electron chi connectivity index (χ3n) is 5.69. The van der Waals surface area contributed by atoms with Crippen LogP contribution in [-0.2, 0) is 14.3 Å². The summed E-state index contributed by atoms with van der Waals surface area (Å²) in [6.07, 6.45) is 3.53. The monoisotopic (exact) mass is 370 g/mol. The van der Waals surface area contributed by atoms with Crippen molar-refractivity contribution in [3.8, 4) is 0 Å². The summed E-state index contributed by atoms with van der Waals surface area (Å²) in [4.78, 5) is 24.9. The number of benzene rings is 1. The number of aliphatic hydroxyl groups is 1. The van der Waals surface area contributed by atoms with Crippen molar-refractivity contribution >= 4 is 28.2 Å². The quantitative estimate of drug-likeness (QED) is 0.822. The van der Waals surface area contributed by atoms with E-state index >= 15 is 0 Å². The first-order chi connectivity index (χ1) is 12.2. The molecule has 1 aliphatic carbocycles. The molecule has 0 unspecified atom stereocenters. The zero-order chi connectivity index (χ0) is 18.8. The molecule has 3 aliphatic rings. The lowest BCUT2D eigenvalue weighted by molar-refractivity contribution is -0.120. The highest BCUT2D eigenvalue weighted by Crippen LogP contribution is 2.57. The Bertz CT molecular complexity index is 874. The summed E-state index contributed by atoms with van der Waals surface area (Å²) in [5.74, 6) is -0.346. The van der Waals surface area contributed by atoms with Crippen LogP contribution in [0.4, 0.5) is 0 Å². The van der Waals surface area contributed by atoms with Crippen molar-refractivity contribution in [1.29, 1.82) is 0 Å². The van der Waals surface area contributed by atoms with Crippen molar-refractivity contribution in [3.63, 3.8) is 0 Å². The first-order valence-corrected chi connectivity index (χ1v) is 9.80. The predicted octanol–water partition coefficient (Wildman–Crippen LogP) is 3.68. The summed E-state index contributed by atoms with van der Waals surface area (Å²) >= 11 is 1.17. The second kappa shape index (κ2) is 5.83. The van der Waals surface area contributed by atoms with E-state index in [0.717, 1.165) is 22.3 Å². The zero-order valence-electron chi connectivity index (χ0n) is 15.3. The zero-order valence-corrected chi connectivity index (χ0v) is 16.1. The van der Waals surface area contributed by atoms with Crippen LogP contribution < -0.4 is 0 Å². The molecule has 4 nitrogen and oxygen atoms in total. The van der Waals surface area contributed by atoms with E-state index in [0.29, 0.717) is 11.3 Å². The highest BCUT2D eigenvalue weighted by molar-refractivity contribution is 8.13. The van der Waals surface area contributed by atoms with E-state index in [1.165, 1.54) is 18.7 Å². The Kier molecular flexibility index (Phi) is 3.93. The van der Waals surface area contributed by atoms with Gasteiger partial charge in [-0.3, -0.25) is 9.59 Å². The van der Waals surface area contributed by atoms with E-state index in [1.54, 1.807) is 0 Å². The molecule has 1 fully saturated rings. The van der Waals surface area contributed by atoms with Crippen LogP contribution in [0.2, 0.25) is 0 Å². The molecular formula is C21H22O4S. The van der Waals surface area contributed by atoms with E-state index in [2.05, 4.69) is 0 Å². The average Bonchev–Trinajstić information content (AvgIpc) is 3.18. The number of allylic oxidation sites excluding steroid dienone is 1. The minimum Gasteiger partial charge on any atom is -0.511 e. The number of thioether (sulfide) groups is 1. The number of carbonyl (C=O) groups is 2. The van der Waals surface area contributed by atoms with E-state index in [1.807, 2.05) is 45.1 Å². The number of fused-ring (bicyclic) bond motifs is 5. The fourth-order valence-electron chi connectivity index (χ4n) is 4.81. The van der Waals surface area contributed by atoms with E-state index in [4.69, 9.17) is 4.74 Å². The van der Waals surface area contributed by atoms with Gasteiger partial charge in [-0.05, 0) is 37.5 Å². The molecule has 1 aromatic rings. The molecule has 0 amide bonds. The van der Waals surface area contributed by atoms with E-state index < -0.39 is 11.5 Å². The van der Waals surface area contributed by atoms with E-state index in [9.17, 15) is 14.7 Å². The molecule has 0 saturated carbocycles. The SMILES string of the molecule is CC(=O)SC[C@]12C=C[C@H](O1)[C@@H]1C(O)=C(c3c(C)cc(C)cc3C)C(=O)[C@@H]12. The summed E-state index contributed by atoms with van der Waals surface area (Å²) in [7, 11) is 0. The predicted molar refractivity (Wildman–Crippen MR) is 102 cm³/mol. The van der Waals surface area contributed by atoms with Crippen molar-refractivity contribution in [3.05, 3.63) is 52.3 Å². The average molecular weight is 370 g/mol. The lowest BCUT2D eigenvalue weighted by Crippen LogP contribution is -2.41. The summed E-state index contributed by atoms with van der Waals surface area (Å²) in [5.41, 5.74) is 3.58. The van der Waals surface area contributed by atoms with Crippen molar-refractivity contribution in [2.24, 2.45) is 11.8 Å². The number of rotatable bonds is 3. The van der Waals surface area contributed by atoms with Crippen molar-refractivity contribution in [2.45, 2.75) is 39.4 Å². The molecule has 26 heavy (non-hydrogen) atoms. The first-order valence-electron chi connectivity index (χ1n) is 8.81. The Morgan fingerprint density at radius 3 is 2.54 bits per heavy atom. The van der Waals surface area contributed by atoms with Gasteiger partial charge in [0.05, 0.1) is 23.5 Å². The van der Waals surface area contributed by atoms with E-state index in [-0.39, 0.29) is 28.7 Å². The molecule has 4 rings (SSSR count). The standard InChI is InChI=1S/C21H22O4S/c1-10-7-11(2)15(12(3)8-10)17-19(23)16-14-5-6-21(25-14,9-26-13(4)22)18(16)20(17)24/h5-8,14,16,18,23H,9H2,1-4H3/t14-,16-,18+,21-/m0/s1. The topological polar surface area (TPSA) is 63.6 Å². The van der Waals surface area contributed by atoms with Crippen molar-refractivity contribution in [2.75, 3.05) is 5.75 Å². The molecule has 0 aromatic heterocycles. The van der Waals surface area contributed by atoms with Crippen LogP contribution in [0.25, 0.3) is 5.57 Å². The third-order valence-corrected chi connectivity index (χ3v) is 6.69. The minimum atomic E-state index is -0.801. The molecule has 4 atom stereocenters. The number of aliphatic hydroxyl groups excluding tert-OH is 1. The molecule has 1 saturated heterocycles. The van der Waals surface area contributed by atoms with Crippen LogP contribution in [-0.4, -0.2) is 33.5 Å². The molecule has 0 spiro atoms. The lowest BCUT2D eigenvalue weighted by atomic mass is 9.76.